The Labute approximate surface area is 120 Å². The highest BCUT2D eigenvalue weighted by Crippen LogP contribution is 2.25. The number of hydrogen-bond acceptors (Lipinski definition) is 5. The summed E-state index contributed by atoms with van der Waals surface area (Å²) >= 11 is 1.49. The molecule has 0 aliphatic rings. The van der Waals surface area contributed by atoms with Gasteiger partial charge in [-0.05, 0) is 23.8 Å². The fourth-order valence-corrected chi connectivity index (χ4v) is 2.61. The van der Waals surface area contributed by atoms with Crippen molar-refractivity contribution >= 4 is 33.5 Å². The van der Waals surface area contributed by atoms with E-state index in [-0.39, 0.29) is 5.75 Å². The Morgan fingerprint density at radius 1 is 1.25 bits per heavy atom. The van der Waals surface area contributed by atoms with Crippen molar-refractivity contribution in [2.45, 2.75) is 6.92 Å². The number of fused-ring (bicyclic) bond motifs is 1. The Balaban J connectivity index is 1.92. The molecule has 0 fully saturated rings. The molecule has 4 nitrogen and oxygen atoms in total. The Hall–Kier alpha value is -2.40. The molecule has 1 aromatic heterocycles. The lowest BCUT2D eigenvalue weighted by atomic mass is 10.0. The number of benzene rings is 2. The molecule has 0 saturated heterocycles. The van der Waals surface area contributed by atoms with Crippen LogP contribution in [0.5, 0.6) is 5.75 Å². The summed E-state index contributed by atoms with van der Waals surface area (Å²) in [5.41, 5.74) is 4.53. The van der Waals surface area contributed by atoms with Crippen LogP contribution in [-0.2, 0) is 0 Å². The fraction of sp³-hybridized carbons (Fsp3) is 0.0667. The molecule has 2 aromatic carbocycles. The number of nitrogens with zero attached hydrogens (tertiary/aromatic N) is 2. The van der Waals surface area contributed by atoms with Crippen molar-refractivity contribution in [3.8, 4) is 5.75 Å². The highest BCUT2D eigenvalue weighted by atomic mass is 32.1. The van der Waals surface area contributed by atoms with E-state index in [4.69, 9.17) is 0 Å². The second-order valence-corrected chi connectivity index (χ2v) is 5.24. The van der Waals surface area contributed by atoms with Gasteiger partial charge in [0.05, 0.1) is 11.9 Å². The normalized spacial score (nSPS) is 11.2. The molecular formula is C15H13N3OS. The van der Waals surface area contributed by atoms with Crippen molar-refractivity contribution < 1.29 is 5.11 Å². The summed E-state index contributed by atoms with van der Waals surface area (Å²) in [4.78, 5) is 4.26. The van der Waals surface area contributed by atoms with Gasteiger partial charge in [0.2, 0.25) is 5.13 Å². The molecule has 0 amide bonds. The van der Waals surface area contributed by atoms with Gasteiger partial charge in [0.25, 0.3) is 0 Å². The largest absolute Gasteiger partial charge is 0.507 e. The maximum absolute atomic E-state index is 9.98. The van der Waals surface area contributed by atoms with Gasteiger partial charge >= 0.3 is 0 Å². The Bertz CT molecular complexity index is 780. The Morgan fingerprint density at radius 3 is 2.90 bits per heavy atom. The van der Waals surface area contributed by atoms with Gasteiger partial charge < -0.3 is 5.11 Å². The number of aryl methyl sites for hydroxylation is 1. The third-order valence-electron chi connectivity index (χ3n) is 2.92. The number of phenolic OH excluding ortho intramolecular Hbond substituents is 1. The molecule has 1 heterocycles. The van der Waals surface area contributed by atoms with E-state index in [0.29, 0.717) is 5.56 Å². The Morgan fingerprint density at radius 2 is 2.10 bits per heavy atom. The van der Waals surface area contributed by atoms with Crippen molar-refractivity contribution in [3.63, 3.8) is 0 Å². The van der Waals surface area contributed by atoms with E-state index in [9.17, 15) is 5.11 Å². The third-order valence-corrected chi connectivity index (χ3v) is 3.79. The van der Waals surface area contributed by atoms with E-state index in [1.54, 1.807) is 12.3 Å². The Kier molecular flexibility index (Phi) is 3.35. The van der Waals surface area contributed by atoms with E-state index in [0.717, 1.165) is 21.6 Å². The topological polar surface area (TPSA) is 57.5 Å². The number of rotatable bonds is 3. The van der Waals surface area contributed by atoms with Crippen LogP contribution in [0.4, 0.5) is 5.13 Å². The number of hydrazone groups is 1. The molecule has 100 valence electrons. The molecule has 5 heteroatoms. The van der Waals surface area contributed by atoms with E-state index < -0.39 is 0 Å². The van der Waals surface area contributed by atoms with Crippen LogP contribution in [0.25, 0.3) is 10.8 Å². The molecule has 0 atom stereocenters. The number of aromatic nitrogens is 1. The second-order valence-electron chi connectivity index (χ2n) is 4.38. The fourth-order valence-electron chi connectivity index (χ4n) is 1.98. The zero-order valence-corrected chi connectivity index (χ0v) is 11.7. The SMILES string of the molecule is Cc1csc(N/N=C\c2c(O)ccc3ccccc23)n1. The third kappa shape index (κ3) is 2.48. The molecule has 0 aliphatic carbocycles. The van der Waals surface area contributed by atoms with Crippen molar-refractivity contribution in [1.29, 1.82) is 0 Å². The molecular weight excluding hydrogens is 270 g/mol. The summed E-state index contributed by atoms with van der Waals surface area (Å²) in [6, 6.07) is 11.4. The van der Waals surface area contributed by atoms with E-state index in [1.165, 1.54) is 11.3 Å². The molecule has 2 N–H and O–H groups in total. The van der Waals surface area contributed by atoms with Crippen LogP contribution < -0.4 is 5.43 Å². The van der Waals surface area contributed by atoms with Gasteiger partial charge in [-0.2, -0.15) is 5.10 Å². The molecule has 0 aliphatic heterocycles. The van der Waals surface area contributed by atoms with Gasteiger partial charge in [-0.25, -0.2) is 4.98 Å². The minimum absolute atomic E-state index is 0.213. The number of phenols is 1. The van der Waals surface area contributed by atoms with Crippen molar-refractivity contribution in [3.05, 3.63) is 53.0 Å². The molecule has 0 spiro atoms. The molecule has 0 saturated carbocycles. The minimum atomic E-state index is 0.213. The molecule has 3 rings (SSSR count). The van der Waals surface area contributed by atoms with E-state index in [2.05, 4.69) is 15.5 Å². The first kappa shape index (κ1) is 12.6. The van der Waals surface area contributed by atoms with Gasteiger partial charge in [0, 0.05) is 10.9 Å². The summed E-state index contributed by atoms with van der Waals surface area (Å²) < 4.78 is 0. The van der Waals surface area contributed by atoms with Gasteiger partial charge in [-0.15, -0.1) is 11.3 Å². The maximum atomic E-state index is 9.98. The predicted octanol–water partition coefficient (Wildman–Crippen LogP) is 3.76. The lowest BCUT2D eigenvalue weighted by Gasteiger charge is -2.04. The van der Waals surface area contributed by atoms with Crippen LogP contribution >= 0.6 is 11.3 Å². The van der Waals surface area contributed by atoms with Crippen LogP contribution in [0.15, 0.2) is 46.9 Å². The van der Waals surface area contributed by atoms with Crippen LogP contribution in [0.2, 0.25) is 0 Å². The minimum Gasteiger partial charge on any atom is -0.507 e. The number of anilines is 1. The summed E-state index contributed by atoms with van der Waals surface area (Å²) in [5, 5.41) is 18.8. The molecule has 3 aromatic rings. The smallest absolute Gasteiger partial charge is 0.203 e. The summed E-state index contributed by atoms with van der Waals surface area (Å²) in [5.74, 6) is 0.213. The monoisotopic (exact) mass is 283 g/mol. The van der Waals surface area contributed by atoms with Crippen LogP contribution in [0.1, 0.15) is 11.3 Å². The number of aromatic hydroxyl groups is 1. The number of thiazole rings is 1. The average Bonchev–Trinajstić information content (AvgIpc) is 2.87. The predicted molar refractivity (Wildman–Crippen MR) is 83.7 cm³/mol. The van der Waals surface area contributed by atoms with E-state index >= 15 is 0 Å². The second kappa shape index (κ2) is 5.30. The summed E-state index contributed by atoms with van der Waals surface area (Å²) in [6.07, 6.45) is 1.62. The van der Waals surface area contributed by atoms with Crippen molar-refractivity contribution in [2.24, 2.45) is 5.10 Å². The van der Waals surface area contributed by atoms with Gasteiger partial charge in [0.1, 0.15) is 5.75 Å². The van der Waals surface area contributed by atoms with Gasteiger partial charge in [0.15, 0.2) is 0 Å². The molecule has 0 unspecified atom stereocenters. The quantitative estimate of drug-likeness (QED) is 0.568. The molecule has 20 heavy (non-hydrogen) atoms. The lowest BCUT2D eigenvalue weighted by Crippen LogP contribution is -1.92. The zero-order valence-electron chi connectivity index (χ0n) is 10.9. The summed E-state index contributed by atoms with van der Waals surface area (Å²) in [6.45, 7) is 1.93. The first-order valence-corrected chi connectivity index (χ1v) is 7.04. The first-order chi connectivity index (χ1) is 9.74. The standard InChI is InChI=1S/C15H13N3OS/c1-10-9-20-15(17-10)18-16-8-13-12-5-3-2-4-11(12)6-7-14(13)19/h2-9,19H,1H3,(H,17,18)/b16-8-. The van der Waals surface area contributed by atoms with Crippen LogP contribution in [0.3, 0.4) is 0 Å². The highest BCUT2D eigenvalue weighted by Gasteiger charge is 2.04. The number of hydrogen-bond donors (Lipinski definition) is 2. The van der Waals surface area contributed by atoms with Crippen LogP contribution in [0, 0.1) is 6.92 Å². The van der Waals surface area contributed by atoms with Gasteiger partial charge in [-0.1, -0.05) is 30.3 Å². The average molecular weight is 283 g/mol. The maximum Gasteiger partial charge on any atom is 0.203 e. The summed E-state index contributed by atoms with van der Waals surface area (Å²) in [7, 11) is 0. The highest BCUT2D eigenvalue weighted by molar-refractivity contribution is 7.13. The van der Waals surface area contributed by atoms with Crippen molar-refractivity contribution in [1.82, 2.24) is 4.98 Å². The molecule has 0 bridgehead atoms. The van der Waals surface area contributed by atoms with Crippen molar-refractivity contribution in [2.75, 3.05) is 5.43 Å². The first-order valence-electron chi connectivity index (χ1n) is 6.16. The lowest BCUT2D eigenvalue weighted by molar-refractivity contribution is 0.475. The van der Waals surface area contributed by atoms with Crippen LogP contribution in [-0.4, -0.2) is 16.3 Å². The number of nitrogens with one attached hydrogen (secondary N) is 1. The van der Waals surface area contributed by atoms with E-state index in [1.807, 2.05) is 42.6 Å². The van der Waals surface area contributed by atoms with Gasteiger partial charge in [-0.3, -0.25) is 5.43 Å². The molecule has 0 radical (unpaired) electrons. The zero-order chi connectivity index (χ0) is 13.9.